The molecule has 1 N–H and O–H groups in total. The summed E-state index contributed by atoms with van der Waals surface area (Å²) in [5.41, 5.74) is 1.95. The molecule has 0 atom stereocenters. The maximum Gasteiger partial charge on any atom is 0.115 e. The number of aromatic hydroxyl groups is 1. The highest BCUT2D eigenvalue weighted by Gasteiger charge is 2.00. The maximum absolute atomic E-state index is 9.13. The van der Waals surface area contributed by atoms with Crippen LogP contribution < -0.4 is 0 Å². The normalized spacial score (nSPS) is 10.6. The smallest absolute Gasteiger partial charge is 0.115 e. The number of benzene rings is 1. The molecule has 0 aliphatic rings. The summed E-state index contributed by atoms with van der Waals surface area (Å²) in [5.74, 6) is 0.812. The van der Waals surface area contributed by atoms with Crippen LogP contribution in [0.25, 0.3) is 5.57 Å². The lowest BCUT2D eigenvalue weighted by Gasteiger charge is -2.09. The van der Waals surface area contributed by atoms with Gasteiger partial charge in [0.15, 0.2) is 0 Å². The van der Waals surface area contributed by atoms with Gasteiger partial charge in [0.05, 0.1) is 6.61 Å². The van der Waals surface area contributed by atoms with Crippen LogP contribution in [-0.2, 0) is 4.74 Å². The van der Waals surface area contributed by atoms with E-state index in [1.165, 1.54) is 0 Å². The van der Waals surface area contributed by atoms with E-state index >= 15 is 0 Å². The van der Waals surface area contributed by atoms with Crippen molar-refractivity contribution in [1.29, 1.82) is 0 Å². The van der Waals surface area contributed by atoms with Gasteiger partial charge in [-0.15, -0.1) is 0 Å². The highest BCUT2D eigenvalue weighted by molar-refractivity contribution is 5.64. The maximum atomic E-state index is 9.13. The van der Waals surface area contributed by atoms with Crippen LogP contribution in [0.4, 0.5) is 0 Å². The van der Waals surface area contributed by atoms with Gasteiger partial charge in [-0.25, -0.2) is 0 Å². The second-order valence-electron chi connectivity index (χ2n) is 4.06. The number of rotatable bonds is 5. The quantitative estimate of drug-likeness (QED) is 0.802. The first-order valence-corrected chi connectivity index (χ1v) is 5.14. The van der Waals surface area contributed by atoms with E-state index in [2.05, 4.69) is 20.4 Å². The van der Waals surface area contributed by atoms with Gasteiger partial charge in [-0.1, -0.05) is 32.6 Å². The highest BCUT2D eigenvalue weighted by Crippen LogP contribution is 2.16. The average Bonchev–Trinajstić information content (AvgIpc) is 2.18. The van der Waals surface area contributed by atoms with Crippen LogP contribution in [0.3, 0.4) is 0 Å². The fraction of sp³-hybridized carbons (Fsp3) is 0.385. The van der Waals surface area contributed by atoms with Gasteiger partial charge in [0.25, 0.3) is 0 Å². The number of hydrogen-bond donors (Lipinski definition) is 1. The monoisotopic (exact) mass is 206 g/mol. The molecule has 0 unspecified atom stereocenters. The van der Waals surface area contributed by atoms with E-state index < -0.39 is 0 Å². The largest absolute Gasteiger partial charge is 0.508 e. The minimum atomic E-state index is 0.273. The Morgan fingerprint density at radius 1 is 1.33 bits per heavy atom. The molecule has 2 nitrogen and oxygen atoms in total. The van der Waals surface area contributed by atoms with Gasteiger partial charge in [-0.05, 0) is 29.2 Å². The molecule has 0 heterocycles. The van der Waals surface area contributed by atoms with Gasteiger partial charge < -0.3 is 9.84 Å². The highest BCUT2D eigenvalue weighted by atomic mass is 16.5. The minimum Gasteiger partial charge on any atom is -0.508 e. The summed E-state index contributed by atoms with van der Waals surface area (Å²) in [6, 6.07) is 7.00. The second-order valence-corrected chi connectivity index (χ2v) is 4.06. The van der Waals surface area contributed by atoms with E-state index in [-0.39, 0.29) is 5.75 Å². The molecule has 82 valence electrons. The summed E-state index contributed by atoms with van der Waals surface area (Å²) in [4.78, 5) is 0. The molecule has 0 saturated carbocycles. The van der Waals surface area contributed by atoms with Crippen molar-refractivity contribution in [3.05, 3.63) is 36.4 Å². The summed E-state index contributed by atoms with van der Waals surface area (Å²) < 4.78 is 5.48. The van der Waals surface area contributed by atoms with Gasteiger partial charge in [0.1, 0.15) is 5.75 Å². The van der Waals surface area contributed by atoms with E-state index in [1.54, 1.807) is 12.1 Å². The number of ether oxygens (including phenoxy) is 1. The predicted molar refractivity (Wildman–Crippen MR) is 62.8 cm³/mol. The summed E-state index contributed by atoms with van der Waals surface area (Å²) in [5, 5.41) is 9.13. The van der Waals surface area contributed by atoms with Crippen LogP contribution in [0.1, 0.15) is 19.4 Å². The van der Waals surface area contributed by atoms with Crippen molar-refractivity contribution in [2.75, 3.05) is 13.2 Å². The standard InChI is InChI=1S/C13H18O2/c1-10(2)8-15-9-11(3)12-4-6-13(14)7-5-12/h4-7,10,14H,3,8-9H2,1-2H3. The average molecular weight is 206 g/mol. The van der Waals surface area contributed by atoms with Crippen LogP contribution in [0.2, 0.25) is 0 Å². The lowest BCUT2D eigenvalue weighted by atomic mass is 10.1. The molecule has 0 aliphatic carbocycles. The van der Waals surface area contributed by atoms with Crippen LogP contribution >= 0.6 is 0 Å². The topological polar surface area (TPSA) is 29.5 Å². The first-order chi connectivity index (χ1) is 7.09. The minimum absolute atomic E-state index is 0.273. The molecule has 0 aliphatic heterocycles. The molecule has 0 radical (unpaired) electrons. The first kappa shape index (κ1) is 11.8. The Morgan fingerprint density at radius 3 is 2.47 bits per heavy atom. The molecule has 0 spiro atoms. The van der Waals surface area contributed by atoms with Crippen molar-refractivity contribution < 1.29 is 9.84 Å². The predicted octanol–water partition coefficient (Wildman–Crippen LogP) is 3.08. The molecule has 0 saturated heterocycles. The Morgan fingerprint density at radius 2 is 1.93 bits per heavy atom. The fourth-order valence-electron chi connectivity index (χ4n) is 1.20. The molecule has 15 heavy (non-hydrogen) atoms. The Kier molecular flexibility index (Phi) is 4.37. The number of hydrogen-bond acceptors (Lipinski definition) is 2. The Hall–Kier alpha value is -1.28. The zero-order valence-electron chi connectivity index (χ0n) is 9.36. The fourth-order valence-corrected chi connectivity index (χ4v) is 1.20. The van der Waals surface area contributed by atoms with Crippen molar-refractivity contribution in [3.63, 3.8) is 0 Å². The Labute approximate surface area is 91.2 Å². The summed E-state index contributed by atoms with van der Waals surface area (Å²) in [6.45, 7) is 9.47. The van der Waals surface area contributed by atoms with E-state index in [9.17, 15) is 0 Å². The van der Waals surface area contributed by atoms with Crippen LogP contribution in [0.15, 0.2) is 30.8 Å². The number of phenolic OH excluding ortho intramolecular Hbond substituents is 1. The molecule has 0 aromatic heterocycles. The van der Waals surface area contributed by atoms with Crippen molar-refractivity contribution in [1.82, 2.24) is 0 Å². The van der Waals surface area contributed by atoms with Crippen LogP contribution in [-0.4, -0.2) is 18.3 Å². The van der Waals surface area contributed by atoms with Gasteiger partial charge in [0.2, 0.25) is 0 Å². The molecule has 1 aromatic carbocycles. The third-order valence-corrected chi connectivity index (χ3v) is 2.00. The van der Waals surface area contributed by atoms with Gasteiger partial charge in [-0.3, -0.25) is 0 Å². The van der Waals surface area contributed by atoms with Gasteiger partial charge in [-0.2, -0.15) is 0 Å². The third kappa shape index (κ3) is 4.17. The van der Waals surface area contributed by atoms with Crippen molar-refractivity contribution in [3.8, 4) is 5.75 Å². The molecule has 1 aromatic rings. The molecule has 1 rings (SSSR count). The lowest BCUT2D eigenvalue weighted by Crippen LogP contribution is -2.04. The Bertz CT molecular complexity index is 312. The molecule has 2 heteroatoms. The second kappa shape index (κ2) is 5.56. The third-order valence-electron chi connectivity index (χ3n) is 2.00. The van der Waals surface area contributed by atoms with E-state index in [0.29, 0.717) is 12.5 Å². The summed E-state index contributed by atoms with van der Waals surface area (Å²) in [7, 11) is 0. The zero-order valence-corrected chi connectivity index (χ0v) is 9.36. The zero-order chi connectivity index (χ0) is 11.3. The summed E-state index contributed by atoms with van der Waals surface area (Å²) >= 11 is 0. The summed E-state index contributed by atoms with van der Waals surface area (Å²) in [6.07, 6.45) is 0. The lowest BCUT2D eigenvalue weighted by molar-refractivity contribution is 0.139. The van der Waals surface area contributed by atoms with E-state index in [4.69, 9.17) is 9.84 Å². The van der Waals surface area contributed by atoms with Crippen molar-refractivity contribution >= 4 is 5.57 Å². The van der Waals surface area contributed by atoms with E-state index in [1.807, 2.05) is 12.1 Å². The van der Waals surface area contributed by atoms with Crippen LogP contribution in [0.5, 0.6) is 5.75 Å². The van der Waals surface area contributed by atoms with Gasteiger partial charge >= 0.3 is 0 Å². The SMILES string of the molecule is C=C(COCC(C)C)c1ccc(O)cc1. The molecular weight excluding hydrogens is 188 g/mol. The molecular formula is C13H18O2. The first-order valence-electron chi connectivity index (χ1n) is 5.14. The molecule has 0 bridgehead atoms. The van der Waals surface area contributed by atoms with Crippen molar-refractivity contribution in [2.45, 2.75) is 13.8 Å². The molecule has 0 amide bonds. The number of phenols is 1. The molecule has 0 fully saturated rings. The van der Waals surface area contributed by atoms with Crippen molar-refractivity contribution in [2.24, 2.45) is 5.92 Å². The van der Waals surface area contributed by atoms with E-state index in [0.717, 1.165) is 17.7 Å². The van der Waals surface area contributed by atoms with Crippen LogP contribution in [0, 0.1) is 5.92 Å². The Balaban J connectivity index is 2.43. The van der Waals surface area contributed by atoms with Gasteiger partial charge in [0, 0.05) is 6.61 Å².